The molecule has 0 spiro atoms. The van der Waals surface area contributed by atoms with E-state index < -0.39 is 44.9 Å². The van der Waals surface area contributed by atoms with Gasteiger partial charge in [0.25, 0.3) is 5.56 Å². The molecular formula is C44H81N3O8PSi+. The van der Waals surface area contributed by atoms with Crippen LogP contribution < -0.4 is 16.6 Å². The Morgan fingerprint density at radius 1 is 0.877 bits per heavy atom. The third-order valence-corrected chi connectivity index (χ3v) is 24.1. The summed E-state index contributed by atoms with van der Waals surface area (Å²) in [5, 5.41) is 3.19. The second-order valence-electron chi connectivity index (χ2n) is 17.9. The van der Waals surface area contributed by atoms with Gasteiger partial charge in [-0.3, -0.25) is 23.9 Å². The standard InChI is InChI=1S/C44H80N3O8PSi/c1-11-15-28-56(29-16-12-2,30-17-13-3)31-18-24-45-39(49)20-23-44(52-26-27-53-44)22-19-36(48)32-37-38(14-4)54-42(47-25-21-40(50)46-43(47)51)41(37)55-57(33(5)6,34(7)8)35(9)10/h21,25,33-35,37-38,41-42H,11-20,22-24,26-32H2,1-10H3,(H-,45,46,49,50,51)/p+1/t37?,38-,41+,42-/m1/s1. The van der Waals surface area contributed by atoms with Crippen LogP contribution in [-0.4, -0.2) is 92.0 Å². The normalized spacial score (nSPS) is 21.3. The van der Waals surface area contributed by atoms with Crippen molar-refractivity contribution in [2.24, 2.45) is 5.92 Å². The number of aromatic nitrogens is 2. The number of nitrogens with zero attached hydrogens (tertiary/aromatic N) is 1. The Balaban J connectivity index is 1.69. The van der Waals surface area contributed by atoms with E-state index in [1.807, 2.05) is 6.92 Å². The van der Waals surface area contributed by atoms with Crippen LogP contribution in [0.1, 0.15) is 159 Å². The van der Waals surface area contributed by atoms with E-state index in [0.29, 0.717) is 39.0 Å². The van der Waals surface area contributed by atoms with Crippen LogP contribution in [0, 0.1) is 5.92 Å². The van der Waals surface area contributed by atoms with Crippen LogP contribution in [-0.2, 0) is 28.2 Å². The first kappa shape index (κ1) is 49.7. The first-order valence-corrected chi connectivity index (χ1v) is 27.4. The fourth-order valence-electron chi connectivity index (χ4n) is 9.86. The number of ether oxygens (including phenoxy) is 3. The molecule has 0 aromatic carbocycles. The van der Waals surface area contributed by atoms with Gasteiger partial charge in [0.05, 0.1) is 50.1 Å². The minimum atomic E-state index is -2.50. The zero-order chi connectivity index (χ0) is 42.2. The van der Waals surface area contributed by atoms with Crippen LogP contribution in [0.25, 0.3) is 0 Å². The van der Waals surface area contributed by atoms with Gasteiger partial charge in [-0.15, -0.1) is 0 Å². The van der Waals surface area contributed by atoms with Gasteiger partial charge in [-0.25, -0.2) is 4.79 Å². The highest BCUT2D eigenvalue weighted by Crippen LogP contribution is 2.61. The van der Waals surface area contributed by atoms with Gasteiger partial charge in [0, 0.05) is 64.1 Å². The average molecular weight is 839 g/mol. The van der Waals surface area contributed by atoms with E-state index in [0.717, 1.165) is 6.42 Å². The number of H-pyrrole nitrogens is 1. The van der Waals surface area contributed by atoms with Gasteiger partial charge in [-0.1, -0.05) is 88.5 Å². The SMILES string of the molecule is CCCC[P+](CCCC)(CCCC)CCCNC(=O)CCC1(CCC(=O)CC2[C@@H](CC)O[C@@H](n3ccc(=O)[nH]c3=O)[C@H]2O[Si](C(C)C)(C(C)C)C(C)C)OCCO1. The molecule has 0 saturated carbocycles. The van der Waals surface area contributed by atoms with Crippen LogP contribution in [0.4, 0.5) is 0 Å². The highest BCUT2D eigenvalue weighted by Gasteiger charge is 2.54. The molecule has 1 aromatic rings. The van der Waals surface area contributed by atoms with Crippen molar-refractivity contribution in [3.63, 3.8) is 0 Å². The fourth-order valence-corrected chi connectivity index (χ4v) is 20.6. The van der Waals surface area contributed by atoms with E-state index in [4.69, 9.17) is 18.6 Å². The zero-order valence-electron chi connectivity index (χ0n) is 37.5. The average Bonchev–Trinajstić information content (AvgIpc) is 3.78. The summed E-state index contributed by atoms with van der Waals surface area (Å²) in [5.74, 6) is -1.22. The summed E-state index contributed by atoms with van der Waals surface area (Å²) in [7, 11) is -3.50. The Bertz CT molecular complexity index is 1430. The topological polar surface area (TPSA) is 138 Å². The maximum atomic E-state index is 14.0. The van der Waals surface area contributed by atoms with Gasteiger partial charge in [-0.2, -0.15) is 0 Å². The minimum absolute atomic E-state index is 0.00457. The van der Waals surface area contributed by atoms with Gasteiger partial charge < -0.3 is 24.0 Å². The Hall–Kier alpha value is -1.69. The molecule has 3 heterocycles. The number of carbonyl (C=O) groups is 2. The number of hydrogen-bond acceptors (Lipinski definition) is 8. The highest BCUT2D eigenvalue weighted by atomic mass is 31.2. The van der Waals surface area contributed by atoms with E-state index in [1.54, 1.807) is 0 Å². The number of amides is 1. The van der Waals surface area contributed by atoms with Crippen molar-refractivity contribution in [3.8, 4) is 0 Å². The van der Waals surface area contributed by atoms with Crippen LogP contribution in [0.5, 0.6) is 0 Å². The Morgan fingerprint density at radius 2 is 1.42 bits per heavy atom. The molecule has 2 aliphatic rings. The van der Waals surface area contributed by atoms with Crippen LogP contribution in [0.3, 0.4) is 0 Å². The summed E-state index contributed by atoms with van der Waals surface area (Å²) in [5.41, 5.74) is -0.221. The molecule has 2 aliphatic heterocycles. The number of rotatable bonds is 28. The van der Waals surface area contributed by atoms with Crippen molar-refractivity contribution < 1.29 is 28.2 Å². The number of carbonyl (C=O) groups excluding carboxylic acids is 2. The molecule has 57 heavy (non-hydrogen) atoms. The van der Waals surface area contributed by atoms with Crippen molar-refractivity contribution >= 4 is 27.3 Å². The number of aromatic amines is 1. The lowest BCUT2D eigenvalue weighted by atomic mass is 9.89. The third-order valence-electron chi connectivity index (χ3n) is 13.0. The zero-order valence-corrected chi connectivity index (χ0v) is 39.4. The van der Waals surface area contributed by atoms with Crippen molar-refractivity contribution in [1.82, 2.24) is 14.9 Å². The quantitative estimate of drug-likeness (QED) is 0.0484. The van der Waals surface area contributed by atoms with E-state index in [2.05, 4.69) is 72.6 Å². The molecule has 13 heteroatoms. The smallest absolute Gasteiger partial charge is 0.330 e. The number of hydrogen-bond donors (Lipinski definition) is 2. The van der Waals surface area contributed by atoms with Crippen LogP contribution in [0.15, 0.2) is 21.9 Å². The molecule has 0 bridgehead atoms. The summed E-state index contributed by atoms with van der Waals surface area (Å²) in [4.78, 5) is 54.7. The Labute approximate surface area is 346 Å². The van der Waals surface area contributed by atoms with Gasteiger partial charge in [0.15, 0.2) is 12.0 Å². The van der Waals surface area contributed by atoms with Crippen molar-refractivity contribution in [1.29, 1.82) is 0 Å². The number of ketones is 1. The van der Waals surface area contributed by atoms with E-state index in [-0.39, 0.29) is 59.6 Å². The maximum Gasteiger partial charge on any atom is 0.330 e. The van der Waals surface area contributed by atoms with Gasteiger partial charge in [0.2, 0.25) is 14.2 Å². The summed E-state index contributed by atoms with van der Waals surface area (Å²) < 4.78 is 27.7. The maximum absolute atomic E-state index is 14.0. The highest BCUT2D eigenvalue weighted by molar-refractivity contribution is 7.75. The molecule has 1 aromatic heterocycles. The molecule has 0 radical (unpaired) electrons. The predicted molar refractivity (Wildman–Crippen MR) is 236 cm³/mol. The summed E-state index contributed by atoms with van der Waals surface area (Å²) in [6.45, 7) is 23.8. The second kappa shape index (κ2) is 23.9. The van der Waals surface area contributed by atoms with Crippen LogP contribution >= 0.6 is 7.26 Å². The molecule has 2 saturated heterocycles. The van der Waals surface area contributed by atoms with E-state index in [1.165, 1.54) is 80.0 Å². The Morgan fingerprint density at radius 3 is 1.93 bits per heavy atom. The molecule has 2 fully saturated rings. The van der Waals surface area contributed by atoms with Crippen LogP contribution in [0.2, 0.25) is 16.6 Å². The van der Waals surface area contributed by atoms with Gasteiger partial charge >= 0.3 is 5.69 Å². The molecule has 4 atom stereocenters. The van der Waals surface area contributed by atoms with E-state index >= 15 is 0 Å². The van der Waals surface area contributed by atoms with Gasteiger partial charge in [-0.05, 0) is 48.7 Å². The predicted octanol–water partition coefficient (Wildman–Crippen LogP) is 9.21. The number of unbranched alkanes of at least 4 members (excludes halogenated alkanes) is 3. The monoisotopic (exact) mass is 839 g/mol. The molecule has 328 valence electrons. The van der Waals surface area contributed by atoms with Crippen molar-refractivity contribution in [2.75, 3.05) is 44.4 Å². The molecule has 0 aliphatic carbocycles. The summed E-state index contributed by atoms with van der Waals surface area (Å²) in [6, 6.07) is 1.32. The van der Waals surface area contributed by atoms with Gasteiger partial charge in [0.1, 0.15) is 5.78 Å². The fraction of sp³-hybridized carbons (Fsp3) is 0.864. The molecule has 1 unspecified atom stereocenters. The molecule has 1 amide bonds. The van der Waals surface area contributed by atoms with Crippen molar-refractivity contribution in [2.45, 2.75) is 194 Å². The lowest BCUT2D eigenvalue weighted by molar-refractivity contribution is -0.172. The van der Waals surface area contributed by atoms with Crippen molar-refractivity contribution in [3.05, 3.63) is 33.1 Å². The lowest BCUT2D eigenvalue weighted by Gasteiger charge is -2.45. The molecule has 11 nitrogen and oxygen atoms in total. The first-order valence-electron chi connectivity index (χ1n) is 22.7. The molecule has 3 rings (SSSR count). The first-order chi connectivity index (χ1) is 27.1. The summed E-state index contributed by atoms with van der Waals surface area (Å²) in [6.07, 6.45) is 16.1. The van der Waals surface area contributed by atoms with E-state index in [9.17, 15) is 19.2 Å². The summed E-state index contributed by atoms with van der Waals surface area (Å²) >= 11 is 0. The lowest BCUT2D eigenvalue weighted by Crippen LogP contribution is -2.53. The molecular weight excluding hydrogens is 758 g/mol. The minimum Gasteiger partial charge on any atom is -0.408 e. The Kier molecular flexibility index (Phi) is 20.9. The third kappa shape index (κ3) is 13.7. The number of nitrogens with one attached hydrogen (secondary N) is 2. The largest absolute Gasteiger partial charge is 0.408 e. The number of Topliss-reactive ketones (excluding diaryl/α,β-unsaturated/α-hetero) is 1. The molecule has 2 N–H and O–H groups in total. The second-order valence-corrected chi connectivity index (χ2v) is 27.8.